The Morgan fingerprint density at radius 1 is 1.24 bits per heavy atom. The maximum Gasteiger partial charge on any atom is 0.319 e. The summed E-state index contributed by atoms with van der Waals surface area (Å²) in [5, 5.41) is 15.1. The standard InChI is InChI=1S/C19H26N4O2/c1-13-11-23(12-14(2)25-13)18-9-4-3-7-17(18)22-19(24)21-16-8-5-6-15(16)10-20/h3-4,7,9,13-16H,5-6,8,11-12H2,1-2H3,(H2,21,22,24)/t13-,14-,15+,16-/m1/s1. The lowest BCUT2D eigenvalue weighted by Crippen LogP contribution is -2.46. The molecular weight excluding hydrogens is 316 g/mol. The first kappa shape index (κ1) is 17.6. The molecule has 1 aromatic rings. The Morgan fingerprint density at radius 3 is 2.68 bits per heavy atom. The third-order valence-corrected chi connectivity index (χ3v) is 4.91. The highest BCUT2D eigenvalue weighted by atomic mass is 16.5. The average Bonchev–Trinajstić information content (AvgIpc) is 3.01. The van der Waals surface area contributed by atoms with Gasteiger partial charge in [0, 0.05) is 19.1 Å². The summed E-state index contributed by atoms with van der Waals surface area (Å²) < 4.78 is 5.80. The summed E-state index contributed by atoms with van der Waals surface area (Å²) in [6.07, 6.45) is 3.03. The van der Waals surface area contributed by atoms with Gasteiger partial charge in [0.1, 0.15) is 0 Å². The van der Waals surface area contributed by atoms with Crippen LogP contribution in [0.2, 0.25) is 0 Å². The third-order valence-electron chi connectivity index (χ3n) is 4.91. The fourth-order valence-corrected chi connectivity index (χ4v) is 3.84. The van der Waals surface area contributed by atoms with Crippen LogP contribution in [0.25, 0.3) is 0 Å². The van der Waals surface area contributed by atoms with Gasteiger partial charge in [-0.15, -0.1) is 0 Å². The zero-order valence-corrected chi connectivity index (χ0v) is 14.9. The number of ether oxygens (including phenoxy) is 1. The zero-order chi connectivity index (χ0) is 17.8. The van der Waals surface area contributed by atoms with Crippen LogP contribution < -0.4 is 15.5 Å². The quantitative estimate of drug-likeness (QED) is 0.885. The topological polar surface area (TPSA) is 77.4 Å². The van der Waals surface area contributed by atoms with Crippen molar-refractivity contribution < 1.29 is 9.53 Å². The Labute approximate surface area is 149 Å². The van der Waals surface area contributed by atoms with Gasteiger partial charge in [0.15, 0.2) is 0 Å². The number of carbonyl (C=O) groups is 1. The van der Waals surface area contributed by atoms with Gasteiger partial charge in [-0.3, -0.25) is 0 Å². The van der Waals surface area contributed by atoms with Crippen molar-refractivity contribution in [2.45, 2.75) is 51.4 Å². The van der Waals surface area contributed by atoms with Crippen LogP contribution in [0.4, 0.5) is 16.2 Å². The molecule has 2 amide bonds. The average molecular weight is 342 g/mol. The van der Waals surface area contributed by atoms with Crippen LogP contribution in [-0.2, 0) is 4.74 Å². The zero-order valence-electron chi connectivity index (χ0n) is 14.9. The summed E-state index contributed by atoms with van der Waals surface area (Å²) >= 11 is 0. The molecule has 3 rings (SSSR count). The van der Waals surface area contributed by atoms with Gasteiger partial charge in [-0.25, -0.2) is 4.79 Å². The molecule has 1 saturated heterocycles. The number of para-hydroxylation sites is 2. The van der Waals surface area contributed by atoms with Gasteiger partial charge in [-0.2, -0.15) is 5.26 Å². The van der Waals surface area contributed by atoms with Crippen molar-refractivity contribution >= 4 is 17.4 Å². The maximum atomic E-state index is 12.4. The highest BCUT2D eigenvalue weighted by Crippen LogP contribution is 2.29. The van der Waals surface area contributed by atoms with Gasteiger partial charge in [-0.1, -0.05) is 12.1 Å². The molecule has 0 aromatic heterocycles. The highest BCUT2D eigenvalue weighted by Gasteiger charge is 2.29. The smallest absolute Gasteiger partial charge is 0.319 e. The molecule has 4 atom stereocenters. The Bertz CT molecular complexity index is 647. The van der Waals surface area contributed by atoms with Crippen LogP contribution in [0.15, 0.2) is 24.3 Å². The SMILES string of the molecule is C[C@@H]1CN(c2ccccc2NC(=O)N[C@@H]2CCC[C@H]2C#N)C[C@@H](C)O1. The van der Waals surface area contributed by atoms with Crippen molar-refractivity contribution in [2.75, 3.05) is 23.3 Å². The van der Waals surface area contributed by atoms with E-state index in [1.807, 2.05) is 24.3 Å². The minimum Gasteiger partial charge on any atom is -0.372 e. The summed E-state index contributed by atoms with van der Waals surface area (Å²) in [5.41, 5.74) is 1.79. The molecule has 134 valence electrons. The minimum atomic E-state index is -0.242. The number of benzene rings is 1. The molecule has 0 radical (unpaired) electrons. The molecule has 1 aliphatic carbocycles. The Hall–Kier alpha value is -2.26. The Balaban J connectivity index is 1.68. The lowest BCUT2D eigenvalue weighted by molar-refractivity contribution is -0.00517. The van der Waals surface area contributed by atoms with Crippen LogP contribution >= 0.6 is 0 Å². The first-order chi connectivity index (χ1) is 12.1. The number of carbonyl (C=O) groups excluding carboxylic acids is 1. The second-order valence-electron chi connectivity index (χ2n) is 7.05. The number of hydrogen-bond donors (Lipinski definition) is 2. The van der Waals surface area contributed by atoms with E-state index in [9.17, 15) is 4.79 Å². The molecule has 1 heterocycles. The van der Waals surface area contributed by atoms with Crippen LogP contribution in [0.5, 0.6) is 0 Å². The molecule has 0 spiro atoms. The van der Waals surface area contributed by atoms with E-state index in [2.05, 4.69) is 35.5 Å². The van der Waals surface area contributed by atoms with Gasteiger partial charge in [-0.05, 0) is 45.2 Å². The van der Waals surface area contributed by atoms with Gasteiger partial charge in [0.2, 0.25) is 0 Å². The van der Waals surface area contributed by atoms with E-state index in [0.717, 1.165) is 43.7 Å². The molecule has 1 aromatic carbocycles. The van der Waals surface area contributed by atoms with E-state index < -0.39 is 0 Å². The Kier molecular flexibility index (Phi) is 5.44. The number of urea groups is 1. The van der Waals surface area contributed by atoms with E-state index in [1.54, 1.807) is 0 Å². The number of nitrogens with one attached hydrogen (secondary N) is 2. The van der Waals surface area contributed by atoms with E-state index in [0.29, 0.717) is 0 Å². The number of hydrogen-bond acceptors (Lipinski definition) is 4. The van der Waals surface area contributed by atoms with Crippen LogP contribution in [0, 0.1) is 17.2 Å². The van der Waals surface area contributed by atoms with Crippen molar-refractivity contribution in [3.8, 4) is 6.07 Å². The van der Waals surface area contributed by atoms with Gasteiger partial charge < -0.3 is 20.3 Å². The summed E-state index contributed by atoms with van der Waals surface area (Å²) in [7, 11) is 0. The molecule has 6 heteroatoms. The largest absolute Gasteiger partial charge is 0.372 e. The lowest BCUT2D eigenvalue weighted by atomic mass is 10.1. The summed E-state index contributed by atoms with van der Waals surface area (Å²) in [6.45, 7) is 5.72. The second kappa shape index (κ2) is 7.75. The third kappa shape index (κ3) is 4.23. The predicted octanol–water partition coefficient (Wildman–Crippen LogP) is 3.11. The van der Waals surface area contributed by atoms with Crippen LogP contribution in [0.1, 0.15) is 33.1 Å². The molecule has 0 unspecified atom stereocenters. The molecule has 2 aliphatic rings. The van der Waals surface area contributed by atoms with Gasteiger partial charge in [0.05, 0.1) is 35.6 Å². The summed E-state index contributed by atoms with van der Waals surface area (Å²) in [4.78, 5) is 14.7. The van der Waals surface area contributed by atoms with Crippen molar-refractivity contribution in [1.82, 2.24) is 5.32 Å². The van der Waals surface area contributed by atoms with E-state index in [1.165, 1.54) is 0 Å². The van der Waals surface area contributed by atoms with Gasteiger partial charge >= 0.3 is 6.03 Å². The van der Waals surface area contributed by atoms with Crippen molar-refractivity contribution in [1.29, 1.82) is 5.26 Å². The minimum absolute atomic E-state index is 0.0550. The number of nitrogens with zero attached hydrogens (tertiary/aromatic N) is 2. The van der Waals surface area contributed by atoms with E-state index in [4.69, 9.17) is 10.00 Å². The fourth-order valence-electron chi connectivity index (χ4n) is 3.84. The van der Waals surface area contributed by atoms with Crippen molar-refractivity contribution in [3.63, 3.8) is 0 Å². The normalized spacial score (nSPS) is 29.1. The molecule has 25 heavy (non-hydrogen) atoms. The second-order valence-corrected chi connectivity index (χ2v) is 7.05. The van der Waals surface area contributed by atoms with E-state index in [-0.39, 0.29) is 30.2 Å². The maximum absolute atomic E-state index is 12.4. The molecule has 6 nitrogen and oxygen atoms in total. The molecule has 2 N–H and O–H groups in total. The molecule has 1 saturated carbocycles. The fraction of sp³-hybridized carbons (Fsp3) is 0.579. The molecule has 0 bridgehead atoms. The number of anilines is 2. The van der Waals surface area contributed by atoms with Crippen molar-refractivity contribution in [2.24, 2.45) is 5.92 Å². The first-order valence-electron chi connectivity index (χ1n) is 9.03. The predicted molar refractivity (Wildman–Crippen MR) is 97.6 cm³/mol. The lowest BCUT2D eigenvalue weighted by Gasteiger charge is -2.37. The Morgan fingerprint density at radius 2 is 1.96 bits per heavy atom. The number of rotatable bonds is 3. The number of nitriles is 1. The van der Waals surface area contributed by atoms with E-state index >= 15 is 0 Å². The van der Waals surface area contributed by atoms with Crippen LogP contribution in [0.3, 0.4) is 0 Å². The molecular formula is C19H26N4O2. The highest BCUT2D eigenvalue weighted by molar-refractivity contribution is 5.93. The molecule has 1 aliphatic heterocycles. The first-order valence-corrected chi connectivity index (χ1v) is 9.03. The van der Waals surface area contributed by atoms with Gasteiger partial charge in [0.25, 0.3) is 0 Å². The number of morpholine rings is 1. The van der Waals surface area contributed by atoms with Crippen LogP contribution in [-0.4, -0.2) is 37.4 Å². The molecule has 2 fully saturated rings. The summed E-state index contributed by atoms with van der Waals surface area (Å²) in [6, 6.07) is 9.82. The number of amides is 2. The van der Waals surface area contributed by atoms with Crippen molar-refractivity contribution in [3.05, 3.63) is 24.3 Å². The monoisotopic (exact) mass is 342 g/mol. The summed E-state index contributed by atoms with van der Waals surface area (Å²) in [5.74, 6) is -0.0815.